The monoisotopic (exact) mass is 236 g/mol. The summed E-state index contributed by atoms with van der Waals surface area (Å²) in [5, 5.41) is 0. The zero-order valence-electron chi connectivity index (χ0n) is 8.77. The van der Waals surface area contributed by atoms with Gasteiger partial charge in [0.25, 0.3) is 0 Å². The lowest BCUT2D eigenvalue weighted by molar-refractivity contribution is 0.532. The van der Waals surface area contributed by atoms with E-state index in [2.05, 4.69) is 15.4 Å². The summed E-state index contributed by atoms with van der Waals surface area (Å²) in [6.07, 6.45) is 3.01. The normalized spacial score (nSPS) is 12.4. The molecule has 2 aromatic rings. The van der Waals surface area contributed by atoms with Crippen molar-refractivity contribution in [1.82, 2.24) is 15.4 Å². The third-order valence-corrected chi connectivity index (χ3v) is 2.28. The summed E-state index contributed by atoms with van der Waals surface area (Å²) in [5.74, 6) is 4.50. The van der Waals surface area contributed by atoms with Crippen LogP contribution in [0.4, 0.5) is 8.78 Å². The van der Waals surface area contributed by atoms with Crippen molar-refractivity contribution >= 4 is 0 Å². The molecule has 0 saturated carbocycles. The van der Waals surface area contributed by atoms with E-state index >= 15 is 0 Å². The first-order valence-electron chi connectivity index (χ1n) is 4.90. The van der Waals surface area contributed by atoms with E-state index in [-0.39, 0.29) is 11.4 Å². The average Bonchev–Trinajstić information content (AvgIpc) is 2.36. The molecular formula is C11H10F2N4. The number of halogens is 2. The molecule has 0 amide bonds. The molecule has 1 heterocycles. The highest BCUT2D eigenvalue weighted by Gasteiger charge is 2.19. The molecule has 4 nitrogen and oxygen atoms in total. The lowest BCUT2D eigenvalue weighted by atomic mass is 10.1. The van der Waals surface area contributed by atoms with Crippen molar-refractivity contribution < 1.29 is 8.78 Å². The van der Waals surface area contributed by atoms with Crippen LogP contribution in [0.1, 0.15) is 17.4 Å². The Balaban J connectivity index is 2.46. The minimum atomic E-state index is -0.785. The summed E-state index contributed by atoms with van der Waals surface area (Å²) < 4.78 is 26.7. The first-order valence-corrected chi connectivity index (χ1v) is 4.90. The number of nitrogens with zero attached hydrogens (tertiary/aromatic N) is 2. The van der Waals surface area contributed by atoms with Gasteiger partial charge in [0.2, 0.25) is 0 Å². The number of nitrogens with two attached hydrogens (primary N) is 1. The molecule has 1 aromatic carbocycles. The summed E-state index contributed by atoms with van der Waals surface area (Å²) >= 11 is 0. The molecule has 0 aliphatic carbocycles. The van der Waals surface area contributed by atoms with E-state index in [4.69, 9.17) is 5.84 Å². The Morgan fingerprint density at radius 1 is 1.18 bits per heavy atom. The second kappa shape index (κ2) is 4.94. The van der Waals surface area contributed by atoms with Gasteiger partial charge in [0.05, 0.1) is 0 Å². The first kappa shape index (κ1) is 11.6. The predicted octanol–water partition coefficient (Wildman–Crippen LogP) is 1.31. The standard InChI is InChI=1S/C11H10F2N4/c12-7-2-3-9(13)8(6-7)10(17-14)11-15-4-1-5-16-11/h1-6,10,17H,14H2. The van der Waals surface area contributed by atoms with E-state index in [1.54, 1.807) is 6.07 Å². The van der Waals surface area contributed by atoms with Crippen molar-refractivity contribution in [2.24, 2.45) is 5.84 Å². The Kier molecular flexibility index (Phi) is 3.36. The van der Waals surface area contributed by atoms with Gasteiger partial charge in [0.1, 0.15) is 17.7 Å². The van der Waals surface area contributed by atoms with Gasteiger partial charge in [-0.25, -0.2) is 24.2 Å². The van der Waals surface area contributed by atoms with Gasteiger partial charge in [-0.1, -0.05) is 0 Å². The lowest BCUT2D eigenvalue weighted by Gasteiger charge is -2.15. The zero-order valence-corrected chi connectivity index (χ0v) is 8.77. The first-order chi connectivity index (χ1) is 8.22. The molecule has 1 aromatic heterocycles. The minimum absolute atomic E-state index is 0.0682. The molecule has 6 heteroatoms. The van der Waals surface area contributed by atoms with Crippen LogP contribution in [0.3, 0.4) is 0 Å². The highest BCUT2D eigenvalue weighted by molar-refractivity contribution is 5.26. The smallest absolute Gasteiger partial charge is 0.151 e. The number of hydrogen-bond acceptors (Lipinski definition) is 4. The molecule has 1 unspecified atom stereocenters. The highest BCUT2D eigenvalue weighted by atomic mass is 19.1. The van der Waals surface area contributed by atoms with E-state index in [1.165, 1.54) is 12.4 Å². The fourth-order valence-corrected chi connectivity index (χ4v) is 1.50. The molecule has 17 heavy (non-hydrogen) atoms. The fraction of sp³-hybridized carbons (Fsp3) is 0.0909. The number of hydrazine groups is 1. The van der Waals surface area contributed by atoms with Crippen LogP contribution in [0, 0.1) is 11.6 Å². The largest absolute Gasteiger partial charge is 0.270 e. The van der Waals surface area contributed by atoms with Crippen molar-refractivity contribution in [2.45, 2.75) is 6.04 Å². The van der Waals surface area contributed by atoms with Crippen LogP contribution in [0.15, 0.2) is 36.7 Å². The molecule has 0 spiro atoms. The number of benzene rings is 1. The summed E-state index contributed by atoms with van der Waals surface area (Å²) in [5.41, 5.74) is 2.44. The van der Waals surface area contributed by atoms with Crippen LogP contribution in [-0.2, 0) is 0 Å². The van der Waals surface area contributed by atoms with Crippen molar-refractivity contribution in [2.75, 3.05) is 0 Å². The van der Waals surface area contributed by atoms with Crippen LogP contribution < -0.4 is 11.3 Å². The van der Waals surface area contributed by atoms with Gasteiger partial charge >= 0.3 is 0 Å². The Morgan fingerprint density at radius 3 is 2.53 bits per heavy atom. The molecule has 0 saturated heterocycles. The Hall–Kier alpha value is -1.92. The molecular weight excluding hydrogens is 226 g/mol. The van der Waals surface area contributed by atoms with Gasteiger partial charge in [0, 0.05) is 18.0 Å². The maximum atomic E-state index is 13.6. The molecule has 0 aliphatic rings. The minimum Gasteiger partial charge on any atom is -0.270 e. The van der Waals surface area contributed by atoms with E-state index in [0.717, 1.165) is 18.2 Å². The average molecular weight is 236 g/mol. The van der Waals surface area contributed by atoms with Crippen LogP contribution in [0.5, 0.6) is 0 Å². The van der Waals surface area contributed by atoms with Gasteiger partial charge in [-0.2, -0.15) is 0 Å². The maximum Gasteiger partial charge on any atom is 0.151 e. The van der Waals surface area contributed by atoms with Gasteiger partial charge in [0.15, 0.2) is 5.82 Å². The SMILES string of the molecule is NNC(c1ncccn1)c1cc(F)ccc1F. The molecule has 0 fully saturated rings. The zero-order chi connectivity index (χ0) is 12.3. The second-order valence-corrected chi connectivity index (χ2v) is 3.37. The molecule has 0 bridgehead atoms. The van der Waals surface area contributed by atoms with Gasteiger partial charge in [-0.3, -0.25) is 5.84 Å². The number of hydrogen-bond donors (Lipinski definition) is 2. The van der Waals surface area contributed by atoms with Crippen LogP contribution in [0.25, 0.3) is 0 Å². The molecule has 1 atom stereocenters. The molecule has 0 radical (unpaired) electrons. The van der Waals surface area contributed by atoms with Crippen LogP contribution in [-0.4, -0.2) is 9.97 Å². The second-order valence-electron chi connectivity index (χ2n) is 3.37. The Morgan fingerprint density at radius 2 is 1.88 bits per heavy atom. The third-order valence-electron chi connectivity index (χ3n) is 2.28. The number of rotatable bonds is 3. The van der Waals surface area contributed by atoms with E-state index < -0.39 is 17.7 Å². The Bertz CT molecular complexity index is 504. The van der Waals surface area contributed by atoms with Crippen molar-refractivity contribution in [3.8, 4) is 0 Å². The molecule has 0 aliphatic heterocycles. The topological polar surface area (TPSA) is 63.8 Å². The maximum absolute atomic E-state index is 13.6. The lowest BCUT2D eigenvalue weighted by Crippen LogP contribution is -2.31. The van der Waals surface area contributed by atoms with Crippen molar-refractivity contribution in [3.05, 3.63) is 59.7 Å². The highest BCUT2D eigenvalue weighted by Crippen LogP contribution is 2.21. The fourth-order valence-electron chi connectivity index (χ4n) is 1.50. The van der Waals surface area contributed by atoms with E-state index in [9.17, 15) is 8.78 Å². The van der Waals surface area contributed by atoms with Gasteiger partial charge in [-0.05, 0) is 24.3 Å². The molecule has 3 N–H and O–H groups in total. The van der Waals surface area contributed by atoms with Crippen molar-refractivity contribution in [3.63, 3.8) is 0 Å². The third kappa shape index (κ3) is 2.43. The van der Waals surface area contributed by atoms with Gasteiger partial charge in [-0.15, -0.1) is 0 Å². The predicted molar refractivity (Wildman–Crippen MR) is 57.6 cm³/mol. The van der Waals surface area contributed by atoms with Crippen LogP contribution in [0.2, 0.25) is 0 Å². The number of nitrogens with one attached hydrogen (secondary N) is 1. The number of aromatic nitrogens is 2. The van der Waals surface area contributed by atoms with E-state index in [0.29, 0.717) is 0 Å². The summed E-state index contributed by atoms with van der Waals surface area (Å²) in [7, 11) is 0. The Labute approximate surface area is 96.5 Å². The summed E-state index contributed by atoms with van der Waals surface area (Å²) in [6.45, 7) is 0. The van der Waals surface area contributed by atoms with Gasteiger partial charge < -0.3 is 0 Å². The van der Waals surface area contributed by atoms with Crippen molar-refractivity contribution in [1.29, 1.82) is 0 Å². The molecule has 2 rings (SSSR count). The quantitative estimate of drug-likeness (QED) is 0.623. The summed E-state index contributed by atoms with van der Waals surface area (Å²) in [6, 6.07) is 3.98. The molecule has 88 valence electrons. The summed E-state index contributed by atoms with van der Waals surface area (Å²) in [4.78, 5) is 7.91. The van der Waals surface area contributed by atoms with Crippen LogP contribution >= 0.6 is 0 Å². The van der Waals surface area contributed by atoms with E-state index in [1.807, 2.05) is 0 Å².